The van der Waals surface area contributed by atoms with Crippen LogP contribution < -0.4 is 0 Å². The lowest BCUT2D eigenvalue weighted by molar-refractivity contribution is -0.0797. The van der Waals surface area contributed by atoms with E-state index in [2.05, 4.69) is 34.1 Å². The molecular weight excluding hydrogens is 346 g/mol. The van der Waals surface area contributed by atoms with Crippen molar-refractivity contribution < 1.29 is 14.3 Å². The molecule has 1 aromatic carbocycles. The van der Waals surface area contributed by atoms with Crippen LogP contribution in [0.15, 0.2) is 22.7 Å². The summed E-state index contributed by atoms with van der Waals surface area (Å²) in [5.41, 5.74) is 1.85. The molecule has 4 nitrogen and oxygen atoms in total. The van der Waals surface area contributed by atoms with Gasteiger partial charge in [0, 0.05) is 17.6 Å². The third kappa shape index (κ3) is 3.01. The van der Waals surface area contributed by atoms with Crippen molar-refractivity contribution in [1.82, 2.24) is 4.90 Å². The van der Waals surface area contributed by atoms with Gasteiger partial charge in [-0.25, -0.2) is 4.79 Å². The Bertz CT molecular complexity index is 586. The predicted octanol–water partition coefficient (Wildman–Crippen LogP) is 4.21. The second kappa shape index (κ2) is 5.53. The molecule has 1 fully saturated rings. The molecule has 5 heteroatoms. The molecule has 2 aliphatic rings. The van der Waals surface area contributed by atoms with E-state index in [1.807, 2.05) is 20.8 Å². The van der Waals surface area contributed by atoms with Gasteiger partial charge in [-0.15, -0.1) is 0 Å². The SMILES string of the molecule is CC(C)(C)OC(=O)N1CCC2(CC1)OCc1cc(Br)ccc12. The summed E-state index contributed by atoms with van der Waals surface area (Å²) < 4.78 is 12.7. The molecule has 2 aliphatic heterocycles. The van der Waals surface area contributed by atoms with E-state index < -0.39 is 5.60 Å². The number of piperidine rings is 1. The van der Waals surface area contributed by atoms with E-state index in [1.54, 1.807) is 4.90 Å². The fourth-order valence-electron chi connectivity index (χ4n) is 3.21. The molecule has 3 rings (SSSR count). The van der Waals surface area contributed by atoms with Crippen molar-refractivity contribution in [2.24, 2.45) is 0 Å². The Kier molecular flexibility index (Phi) is 3.98. The first-order valence-electron chi connectivity index (χ1n) is 7.70. The van der Waals surface area contributed by atoms with Gasteiger partial charge in [-0.3, -0.25) is 0 Å². The van der Waals surface area contributed by atoms with Crippen molar-refractivity contribution in [3.8, 4) is 0 Å². The van der Waals surface area contributed by atoms with Crippen LogP contribution in [-0.2, 0) is 21.7 Å². The van der Waals surface area contributed by atoms with Gasteiger partial charge < -0.3 is 14.4 Å². The number of ether oxygens (including phenoxy) is 2. The summed E-state index contributed by atoms with van der Waals surface area (Å²) in [5, 5.41) is 0. The summed E-state index contributed by atoms with van der Waals surface area (Å²) in [6, 6.07) is 6.34. The lowest BCUT2D eigenvalue weighted by atomic mass is 9.84. The summed E-state index contributed by atoms with van der Waals surface area (Å²) in [7, 11) is 0. The number of hydrogen-bond donors (Lipinski definition) is 0. The number of carbonyl (C=O) groups excluding carboxylic acids is 1. The van der Waals surface area contributed by atoms with Gasteiger partial charge in [-0.1, -0.05) is 22.0 Å². The minimum atomic E-state index is -0.449. The standard InChI is InChI=1S/C17H22BrNO3/c1-16(2,3)22-15(20)19-8-6-17(7-9-19)14-5-4-13(18)10-12(14)11-21-17/h4-5,10H,6-9,11H2,1-3H3. The largest absolute Gasteiger partial charge is 0.444 e. The van der Waals surface area contributed by atoms with Gasteiger partial charge in [-0.05, 0) is 56.9 Å². The van der Waals surface area contributed by atoms with Crippen LogP contribution in [0.1, 0.15) is 44.7 Å². The number of nitrogens with zero attached hydrogens (tertiary/aromatic N) is 1. The second-order valence-corrected chi connectivity index (χ2v) is 7.97. The Morgan fingerprint density at radius 3 is 2.64 bits per heavy atom. The van der Waals surface area contributed by atoms with Gasteiger partial charge in [0.25, 0.3) is 0 Å². The lowest BCUT2D eigenvalue weighted by Crippen LogP contribution is -2.46. The van der Waals surface area contributed by atoms with Crippen molar-refractivity contribution in [3.63, 3.8) is 0 Å². The number of hydrogen-bond acceptors (Lipinski definition) is 3. The molecule has 0 aliphatic carbocycles. The quantitative estimate of drug-likeness (QED) is 0.689. The Morgan fingerprint density at radius 1 is 1.32 bits per heavy atom. The van der Waals surface area contributed by atoms with Crippen LogP contribution in [0, 0.1) is 0 Å². The molecule has 1 saturated heterocycles. The van der Waals surface area contributed by atoms with Crippen LogP contribution in [0.3, 0.4) is 0 Å². The van der Waals surface area contributed by atoms with Gasteiger partial charge >= 0.3 is 6.09 Å². The smallest absolute Gasteiger partial charge is 0.410 e. The number of amides is 1. The Hall–Kier alpha value is -1.07. The van der Waals surface area contributed by atoms with Crippen molar-refractivity contribution in [2.75, 3.05) is 13.1 Å². The second-order valence-electron chi connectivity index (χ2n) is 7.05. The highest BCUT2D eigenvalue weighted by molar-refractivity contribution is 9.10. The maximum absolute atomic E-state index is 12.2. The maximum Gasteiger partial charge on any atom is 0.410 e. The van der Waals surface area contributed by atoms with Crippen LogP contribution >= 0.6 is 15.9 Å². The summed E-state index contributed by atoms with van der Waals surface area (Å²) >= 11 is 3.51. The fourth-order valence-corrected chi connectivity index (χ4v) is 3.62. The monoisotopic (exact) mass is 367 g/mol. The van der Waals surface area contributed by atoms with Gasteiger partial charge in [0.05, 0.1) is 12.2 Å². The molecule has 0 bridgehead atoms. The van der Waals surface area contributed by atoms with E-state index in [9.17, 15) is 4.79 Å². The molecule has 1 spiro atoms. The Balaban J connectivity index is 1.69. The van der Waals surface area contributed by atoms with E-state index in [-0.39, 0.29) is 11.7 Å². The molecule has 22 heavy (non-hydrogen) atoms. The molecule has 2 heterocycles. The van der Waals surface area contributed by atoms with Gasteiger partial charge in [0.15, 0.2) is 0 Å². The first-order chi connectivity index (χ1) is 10.3. The fraction of sp³-hybridized carbons (Fsp3) is 0.588. The minimum absolute atomic E-state index is 0.226. The van der Waals surface area contributed by atoms with Gasteiger partial charge in [0.1, 0.15) is 5.60 Å². The summed E-state index contributed by atoms with van der Waals surface area (Å²) in [6.45, 7) is 7.68. The van der Waals surface area contributed by atoms with Crippen molar-refractivity contribution >= 4 is 22.0 Å². The molecule has 0 aromatic heterocycles. The topological polar surface area (TPSA) is 38.8 Å². The highest BCUT2D eigenvalue weighted by Crippen LogP contribution is 2.44. The van der Waals surface area contributed by atoms with Crippen LogP contribution in [0.2, 0.25) is 0 Å². The van der Waals surface area contributed by atoms with E-state index >= 15 is 0 Å². The first-order valence-corrected chi connectivity index (χ1v) is 8.49. The number of benzene rings is 1. The Labute approximate surface area is 139 Å². The zero-order valence-electron chi connectivity index (χ0n) is 13.3. The third-order valence-electron chi connectivity index (χ3n) is 4.28. The lowest BCUT2D eigenvalue weighted by Gasteiger charge is -2.39. The molecule has 120 valence electrons. The molecule has 1 aromatic rings. The number of likely N-dealkylation sites (tertiary alicyclic amines) is 1. The average molecular weight is 368 g/mol. The minimum Gasteiger partial charge on any atom is -0.444 e. The molecule has 0 unspecified atom stereocenters. The van der Waals surface area contributed by atoms with E-state index in [1.165, 1.54) is 11.1 Å². The molecular formula is C17H22BrNO3. The number of fused-ring (bicyclic) bond motifs is 2. The molecule has 0 N–H and O–H groups in total. The van der Waals surface area contributed by atoms with E-state index in [4.69, 9.17) is 9.47 Å². The Morgan fingerprint density at radius 2 is 2.00 bits per heavy atom. The zero-order chi connectivity index (χ0) is 16.0. The summed E-state index contributed by atoms with van der Waals surface area (Å²) in [6.07, 6.45) is 1.42. The van der Waals surface area contributed by atoms with Crippen LogP contribution in [0.5, 0.6) is 0 Å². The molecule has 1 amide bonds. The normalized spacial score (nSPS) is 20.1. The average Bonchev–Trinajstić information content (AvgIpc) is 2.76. The summed E-state index contributed by atoms with van der Waals surface area (Å²) in [4.78, 5) is 14.0. The van der Waals surface area contributed by atoms with E-state index in [0.29, 0.717) is 19.7 Å². The molecule has 0 atom stereocenters. The molecule has 0 radical (unpaired) electrons. The summed E-state index contributed by atoms with van der Waals surface area (Å²) in [5.74, 6) is 0. The third-order valence-corrected chi connectivity index (χ3v) is 4.78. The number of halogens is 1. The maximum atomic E-state index is 12.2. The molecule has 0 saturated carbocycles. The highest BCUT2D eigenvalue weighted by atomic mass is 79.9. The first kappa shape index (κ1) is 15.8. The zero-order valence-corrected chi connectivity index (χ0v) is 14.9. The number of carbonyl (C=O) groups is 1. The highest BCUT2D eigenvalue weighted by Gasteiger charge is 2.43. The van der Waals surface area contributed by atoms with Crippen LogP contribution in [0.25, 0.3) is 0 Å². The van der Waals surface area contributed by atoms with E-state index in [0.717, 1.165) is 17.3 Å². The van der Waals surface area contributed by atoms with Gasteiger partial charge in [-0.2, -0.15) is 0 Å². The van der Waals surface area contributed by atoms with Crippen LogP contribution in [0.4, 0.5) is 4.79 Å². The van der Waals surface area contributed by atoms with Crippen LogP contribution in [-0.4, -0.2) is 29.7 Å². The predicted molar refractivity (Wildman–Crippen MR) is 87.7 cm³/mol. The van der Waals surface area contributed by atoms with Gasteiger partial charge in [0.2, 0.25) is 0 Å². The van der Waals surface area contributed by atoms with Crippen molar-refractivity contribution in [3.05, 3.63) is 33.8 Å². The van der Waals surface area contributed by atoms with Crippen molar-refractivity contribution in [2.45, 2.75) is 51.4 Å². The van der Waals surface area contributed by atoms with Crippen molar-refractivity contribution in [1.29, 1.82) is 0 Å². The number of rotatable bonds is 0.